The van der Waals surface area contributed by atoms with Crippen LogP contribution in [0, 0.1) is 5.92 Å². The predicted molar refractivity (Wildman–Crippen MR) is 68.6 cm³/mol. The molecule has 0 saturated heterocycles. The molecule has 0 aliphatic carbocycles. The van der Waals surface area contributed by atoms with Crippen molar-refractivity contribution >= 4 is 23.0 Å². The van der Waals surface area contributed by atoms with Gasteiger partial charge in [0.15, 0.2) is 0 Å². The first-order valence-corrected chi connectivity index (χ1v) is 5.68. The smallest absolute Gasteiger partial charge is 0.0598 e. The monoisotopic (exact) mass is 226 g/mol. The molecule has 0 aromatic heterocycles. The SMILES string of the molecule is CCC(C)CN(C)c1ccc(Cl)cc1N. The zero-order chi connectivity index (χ0) is 11.4. The maximum atomic E-state index is 5.91. The molecule has 0 radical (unpaired) electrons. The molecule has 2 nitrogen and oxygen atoms in total. The summed E-state index contributed by atoms with van der Waals surface area (Å²) in [6, 6.07) is 5.64. The summed E-state index contributed by atoms with van der Waals surface area (Å²) in [4.78, 5) is 2.18. The van der Waals surface area contributed by atoms with E-state index in [0.29, 0.717) is 10.9 Å². The first-order chi connectivity index (χ1) is 7.04. The van der Waals surface area contributed by atoms with Gasteiger partial charge in [0.05, 0.1) is 11.4 Å². The van der Waals surface area contributed by atoms with Gasteiger partial charge in [-0.1, -0.05) is 31.9 Å². The van der Waals surface area contributed by atoms with E-state index in [0.717, 1.165) is 17.9 Å². The Morgan fingerprint density at radius 3 is 2.67 bits per heavy atom. The maximum Gasteiger partial charge on any atom is 0.0598 e. The lowest BCUT2D eigenvalue weighted by Gasteiger charge is -2.24. The number of hydrogen-bond donors (Lipinski definition) is 1. The largest absolute Gasteiger partial charge is 0.397 e. The van der Waals surface area contributed by atoms with Gasteiger partial charge in [-0.25, -0.2) is 0 Å². The van der Waals surface area contributed by atoms with E-state index < -0.39 is 0 Å². The van der Waals surface area contributed by atoms with Gasteiger partial charge in [0.2, 0.25) is 0 Å². The molecule has 0 fully saturated rings. The summed E-state index contributed by atoms with van der Waals surface area (Å²) in [5, 5.41) is 0.688. The molecular weight excluding hydrogens is 208 g/mol. The number of hydrogen-bond acceptors (Lipinski definition) is 2. The number of halogens is 1. The third kappa shape index (κ3) is 3.31. The van der Waals surface area contributed by atoms with E-state index in [9.17, 15) is 0 Å². The van der Waals surface area contributed by atoms with Gasteiger partial charge in [-0.2, -0.15) is 0 Å². The lowest BCUT2D eigenvalue weighted by Crippen LogP contribution is -2.24. The fourth-order valence-electron chi connectivity index (χ4n) is 1.57. The van der Waals surface area contributed by atoms with E-state index in [1.165, 1.54) is 6.42 Å². The molecule has 1 aromatic carbocycles. The van der Waals surface area contributed by atoms with E-state index in [4.69, 9.17) is 17.3 Å². The molecule has 3 heteroatoms. The molecule has 0 aliphatic heterocycles. The molecule has 15 heavy (non-hydrogen) atoms. The topological polar surface area (TPSA) is 29.3 Å². The fourth-order valence-corrected chi connectivity index (χ4v) is 1.75. The van der Waals surface area contributed by atoms with Crippen molar-refractivity contribution in [3.8, 4) is 0 Å². The van der Waals surface area contributed by atoms with Gasteiger partial charge in [-0.15, -0.1) is 0 Å². The van der Waals surface area contributed by atoms with Crippen molar-refractivity contribution in [3.05, 3.63) is 23.2 Å². The molecule has 0 aliphatic rings. The third-order valence-corrected chi connectivity index (χ3v) is 2.92. The molecular formula is C12H19ClN2. The molecule has 0 bridgehead atoms. The van der Waals surface area contributed by atoms with Crippen molar-refractivity contribution in [2.24, 2.45) is 5.92 Å². The van der Waals surface area contributed by atoms with Gasteiger partial charge in [0.25, 0.3) is 0 Å². The van der Waals surface area contributed by atoms with Crippen molar-refractivity contribution in [2.45, 2.75) is 20.3 Å². The number of rotatable bonds is 4. The number of nitrogens with two attached hydrogens (primary N) is 1. The second-order valence-electron chi connectivity index (χ2n) is 4.10. The van der Waals surface area contributed by atoms with Gasteiger partial charge < -0.3 is 10.6 Å². The lowest BCUT2D eigenvalue weighted by atomic mass is 10.1. The van der Waals surface area contributed by atoms with Crippen LogP contribution in [0.2, 0.25) is 5.02 Å². The van der Waals surface area contributed by atoms with Crippen LogP contribution in [0.15, 0.2) is 18.2 Å². The second kappa shape index (κ2) is 5.26. The zero-order valence-electron chi connectivity index (χ0n) is 9.63. The van der Waals surface area contributed by atoms with Crippen molar-refractivity contribution in [2.75, 3.05) is 24.2 Å². The molecule has 1 unspecified atom stereocenters. The molecule has 0 saturated carbocycles. The Hall–Kier alpha value is -0.890. The Labute approximate surface area is 97.0 Å². The van der Waals surface area contributed by atoms with Gasteiger partial charge >= 0.3 is 0 Å². The van der Waals surface area contributed by atoms with Gasteiger partial charge in [0.1, 0.15) is 0 Å². The van der Waals surface area contributed by atoms with E-state index in [2.05, 4.69) is 25.8 Å². The highest BCUT2D eigenvalue weighted by Crippen LogP contribution is 2.26. The van der Waals surface area contributed by atoms with Gasteiger partial charge in [-0.3, -0.25) is 0 Å². The molecule has 2 N–H and O–H groups in total. The molecule has 0 heterocycles. The Morgan fingerprint density at radius 1 is 1.47 bits per heavy atom. The average molecular weight is 227 g/mol. The molecule has 0 amide bonds. The highest BCUT2D eigenvalue weighted by atomic mass is 35.5. The number of benzene rings is 1. The minimum absolute atomic E-state index is 0.671. The minimum Gasteiger partial charge on any atom is -0.397 e. The van der Waals surface area contributed by atoms with Crippen LogP contribution in [-0.4, -0.2) is 13.6 Å². The van der Waals surface area contributed by atoms with Crippen LogP contribution in [0.25, 0.3) is 0 Å². The highest BCUT2D eigenvalue weighted by Gasteiger charge is 2.08. The Morgan fingerprint density at radius 2 is 2.13 bits per heavy atom. The summed E-state index contributed by atoms with van der Waals surface area (Å²) in [5.74, 6) is 0.671. The van der Waals surface area contributed by atoms with Gasteiger partial charge in [0, 0.05) is 18.6 Å². The van der Waals surface area contributed by atoms with Crippen LogP contribution in [0.5, 0.6) is 0 Å². The van der Waals surface area contributed by atoms with E-state index in [-0.39, 0.29) is 0 Å². The molecule has 1 aromatic rings. The summed E-state index contributed by atoms with van der Waals surface area (Å²) in [6.07, 6.45) is 1.18. The molecule has 84 valence electrons. The van der Waals surface area contributed by atoms with Crippen LogP contribution < -0.4 is 10.6 Å². The van der Waals surface area contributed by atoms with Gasteiger partial charge in [-0.05, 0) is 24.1 Å². The summed E-state index contributed by atoms with van der Waals surface area (Å²) >= 11 is 5.86. The first kappa shape index (κ1) is 12.2. The maximum absolute atomic E-state index is 5.91. The van der Waals surface area contributed by atoms with Crippen LogP contribution in [0.4, 0.5) is 11.4 Å². The lowest BCUT2D eigenvalue weighted by molar-refractivity contribution is 0.560. The third-order valence-electron chi connectivity index (χ3n) is 2.68. The van der Waals surface area contributed by atoms with Crippen molar-refractivity contribution < 1.29 is 0 Å². The van der Waals surface area contributed by atoms with E-state index in [1.807, 2.05) is 12.1 Å². The standard InChI is InChI=1S/C12H19ClN2/c1-4-9(2)8-15(3)12-6-5-10(13)7-11(12)14/h5-7,9H,4,8,14H2,1-3H3. The fraction of sp³-hybridized carbons (Fsp3) is 0.500. The average Bonchev–Trinajstić information content (AvgIpc) is 2.17. The summed E-state index contributed by atoms with van der Waals surface area (Å²) in [5.41, 5.74) is 7.71. The van der Waals surface area contributed by atoms with E-state index in [1.54, 1.807) is 6.07 Å². The minimum atomic E-state index is 0.671. The first-order valence-electron chi connectivity index (χ1n) is 5.30. The highest BCUT2D eigenvalue weighted by molar-refractivity contribution is 6.31. The summed E-state index contributed by atoms with van der Waals surface area (Å²) in [6.45, 7) is 5.45. The normalized spacial score (nSPS) is 12.5. The van der Waals surface area contributed by atoms with Crippen molar-refractivity contribution in [3.63, 3.8) is 0 Å². The number of nitrogens with zero attached hydrogens (tertiary/aromatic N) is 1. The quantitative estimate of drug-likeness (QED) is 0.798. The van der Waals surface area contributed by atoms with Crippen molar-refractivity contribution in [1.29, 1.82) is 0 Å². The summed E-state index contributed by atoms with van der Waals surface area (Å²) in [7, 11) is 2.06. The van der Waals surface area contributed by atoms with Crippen LogP contribution >= 0.6 is 11.6 Å². The molecule has 0 spiro atoms. The Balaban J connectivity index is 2.77. The predicted octanol–water partition coefficient (Wildman–Crippen LogP) is 3.40. The molecule has 1 rings (SSSR count). The molecule has 1 atom stereocenters. The number of nitrogen functional groups attached to an aromatic ring is 1. The van der Waals surface area contributed by atoms with Crippen LogP contribution in [0.3, 0.4) is 0 Å². The van der Waals surface area contributed by atoms with Crippen LogP contribution in [0.1, 0.15) is 20.3 Å². The van der Waals surface area contributed by atoms with Crippen LogP contribution in [-0.2, 0) is 0 Å². The van der Waals surface area contributed by atoms with Crippen molar-refractivity contribution in [1.82, 2.24) is 0 Å². The Kier molecular flexibility index (Phi) is 4.28. The van der Waals surface area contributed by atoms with E-state index >= 15 is 0 Å². The number of anilines is 2. The second-order valence-corrected chi connectivity index (χ2v) is 4.53. The zero-order valence-corrected chi connectivity index (χ0v) is 10.4. The Bertz CT molecular complexity index is 325. The summed E-state index contributed by atoms with van der Waals surface area (Å²) < 4.78 is 0.